The van der Waals surface area contributed by atoms with E-state index in [1.54, 1.807) is 11.8 Å². The summed E-state index contributed by atoms with van der Waals surface area (Å²) in [5.74, 6) is 1.59. The molecule has 6 heteroatoms. The van der Waals surface area contributed by atoms with Crippen molar-refractivity contribution in [3.05, 3.63) is 30.1 Å². The van der Waals surface area contributed by atoms with Crippen LogP contribution in [0.25, 0.3) is 11.0 Å². The number of para-hydroxylation sites is 2. The molecule has 1 fully saturated rings. The molecule has 5 nitrogen and oxygen atoms in total. The molecule has 1 amide bonds. The van der Waals surface area contributed by atoms with Gasteiger partial charge in [-0.05, 0) is 37.8 Å². The monoisotopic (exact) mass is 347 g/mol. The van der Waals surface area contributed by atoms with Crippen molar-refractivity contribution in [2.75, 3.05) is 12.3 Å². The third kappa shape index (κ3) is 4.30. The summed E-state index contributed by atoms with van der Waals surface area (Å²) in [5, 5.41) is 13.1. The second-order valence-corrected chi connectivity index (χ2v) is 7.84. The van der Waals surface area contributed by atoms with E-state index < -0.39 is 6.10 Å². The third-order valence-electron chi connectivity index (χ3n) is 4.71. The number of nitrogens with one attached hydrogen (secondary N) is 2. The molecule has 3 N–H and O–H groups in total. The van der Waals surface area contributed by atoms with E-state index in [-0.39, 0.29) is 11.2 Å². The van der Waals surface area contributed by atoms with Crippen molar-refractivity contribution >= 4 is 28.7 Å². The highest BCUT2D eigenvalue weighted by molar-refractivity contribution is 8.00. The highest BCUT2D eigenvalue weighted by Crippen LogP contribution is 2.28. The molecular weight excluding hydrogens is 322 g/mol. The first-order chi connectivity index (χ1) is 11.6. The molecule has 0 radical (unpaired) electrons. The van der Waals surface area contributed by atoms with Gasteiger partial charge in [-0.2, -0.15) is 0 Å². The standard InChI is InChI=1S/C18H25N3O2S/c1-12(18-20-14-8-4-5-9-15(14)21-18)24-11-17(23)19-10-16(22)13-6-2-3-7-13/h4-5,8-9,12-13,16,22H,2-3,6-7,10-11H2,1H3,(H,19,23)(H,20,21). The maximum atomic E-state index is 12.0. The van der Waals surface area contributed by atoms with Gasteiger partial charge in [0.15, 0.2) is 0 Å². The Hall–Kier alpha value is -1.53. The summed E-state index contributed by atoms with van der Waals surface area (Å²) in [7, 11) is 0. The first-order valence-corrected chi connectivity index (χ1v) is 9.69. The van der Waals surface area contributed by atoms with Crippen LogP contribution in [0.4, 0.5) is 0 Å². The van der Waals surface area contributed by atoms with E-state index in [1.807, 2.05) is 31.2 Å². The molecule has 1 aliphatic carbocycles. The van der Waals surface area contributed by atoms with Gasteiger partial charge in [0.2, 0.25) is 5.91 Å². The van der Waals surface area contributed by atoms with E-state index in [0.717, 1.165) is 29.7 Å². The van der Waals surface area contributed by atoms with Crippen LogP contribution in [0.5, 0.6) is 0 Å². The molecule has 1 aromatic heterocycles. The van der Waals surface area contributed by atoms with Crippen LogP contribution in [0.2, 0.25) is 0 Å². The van der Waals surface area contributed by atoms with E-state index >= 15 is 0 Å². The van der Waals surface area contributed by atoms with Crippen molar-refractivity contribution in [2.45, 2.75) is 44.0 Å². The molecule has 1 saturated carbocycles. The van der Waals surface area contributed by atoms with Gasteiger partial charge in [-0.15, -0.1) is 11.8 Å². The summed E-state index contributed by atoms with van der Waals surface area (Å²) in [6, 6.07) is 7.92. The Labute approximate surface area is 146 Å². The Bertz CT molecular complexity index is 649. The van der Waals surface area contributed by atoms with Crippen LogP contribution < -0.4 is 5.32 Å². The second-order valence-electron chi connectivity index (χ2n) is 6.51. The Morgan fingerprint density at radius 1 is 1.42 bits per heavy atom. The summed E-state index contributed by atoms with van der Waals surface area (Å²) in [4.78, 5) is 19.9. The first kappa shape index (κ1) is 17.3. The Kier molecular flexibility index (Phi) is 5.79. The smallest absolute Gasteiger partial charge is 0.230 e. The minimum Gasteiger partial charge on any atom is -0.391 e. The normalized spacial score (nSPS) is 17.9. The average molecular weight is 347 g/mol. The van der Waals surface area contributed by atoms with Gasteiger partial charge in [-0.1, -0.05) is 25.0 Å². The lowest BCUT2D eigenvalue weighted by Gasteiger charge is -2.18. The lowest BCUT2D eigenvalue weighted by molar-refractivity contribution is -0.119. The molecule has 2 aromatic rings. The maximum absolute atomic E-state index is 12.0. The summed E-state index contributed by atoms with van der Waals surface area (Å²) >= 11 is 1.55. The van der Waals surface area contributed by atoms with Gasteiger partial charge in [0.1, 0.15) is 5.82 Å². The zero-order valence-electron chi connectivity index (χ0n) is 14.0. The number of benzene rings is 1. The number of fused-ring (bicyclic) bond motifs is 1. The molecule has 130 valence electrons. The second kappa shape index (κ2) is 8.03. The van der Waals surface area contributed by atoms with Crippen LogP contribution in [0.15, 0.2) is 24.3 Å². The topological polar surface area (TPSA) is 78.0 Å². The molecule has 1 heterocycles. The van der Waals surface area contributed by atoms with E-state index in [1.165, 1.54) is 12.8 Å². The van der Waals surface area contributed by atoms with Crippen LogP contribution in [0.1, 0.15) is 43.7 Å². The van der Waals surface area contributed by atoms with Crippen LogP contribution in [0, 0.1) is 5.92 Å². The largest absolute Gasteiger partial charge is 0.391 e. The fraction of sp³-hybridized carbons (Fsp3) is 0.556. The SMILES string of the molecule is CC(SCC(=O)NCC(O)C1CCCC1)c1nc2ccccc2[nH]1. The number of carbonyl (C=O) groups excluding carboxylic acids is 1. The predicted octanol–water partition coefficient (Wildman–Crippen LogP) is 3.02. The molecule has 0 saturated heterocycles. The van der Waals surface area contributed by atoms with E-state index in [9.17, 15) is 9.90 Å². The molecular formula is C18H25N3O2S. The number of imidazole rings is 1. The molecule has 2 atom stereocenters. The number of hydrogen-bond acceptors (Lipinski definition) is 4. The van der Waals surface area contributed by atoms with E-state index in [4.69, 9.17) is 0 Å². The fourth-order valence-corrected chi connectivity index (χ4v) is 4.00. The fourth-order valence-electron chi connectivity index (χ4n) is 3.22. The van der Waals surface area contributed by atoms with Gasteiger partial charge in [-0.3, -0.25) is 4.79 Å². The van der Waals surface area contributed by atoms with Gasteiger partial charge >= 0.3 is 0 Å². The van der Waals surface area contributed by atoms with Gasteiger partial charge < -0.3 is 15.4 Å². The number of nitrogens with zero attached hydrogens (tertiary/aromatic N) is 1. The zero-order valence-corrected chi connectivity index (χ0v) is 14.8. The number of H-pyrrole nitrogens is 1. The number of aromatic amines is 1. The summed E-state index contributed by atoms with van der Waals surface area (Å²) < 4.78 is 0. The van der Waals surface area contributed by atoms with Gasteiger partial charge in [0.05, 0.1) is 28.1 Å². The summed E-state index contributed by atoms with van der Waals surface area (Å²) in [6.45, 7) is 2.41. The van der Waals surface area contributed by atoms with Gasteiger partial charge in [-0.25, -0.2) is 4.98 Å². The number of aliphatic hydroxyl groups is 1. The number of aliphatic hydroxyl groups excluding tert-OH is 1. The maximum Gasteiger partial charge on any atom is 0.230 e. The van der Waals surface area contributed by atoms with Crippen molar-refractivity contribution in [2.24, 2.45) is 5.92 Å². The van der Waals surface area contributed by atoms with Crippen molar-refractivity contribution in [1.82, 2.24) is 15.3 Å². The lowest BCUT2D eigenvalue weighted by atomic mass is 10.0. The molecule has 1 aromatic carbocycles. The van der Waals surface area contributed by atoms with Crippen molar-refractivity contribution in [3.63, 3.8) is 0 Å². The number of carbonyl (C=O) groups is 1. The number of thioether (sulfide) groups is 1. The molecule has 0 bridgehead atoms. The average Bonchev–Trinajstić information content (AvgIpc) is 3.26. The quantitative estimate of drug-likeness (QED) is 0.719. The number of hydrogen-bond donors (Lipinski definition) is 3. The predicted molar refractivity (Wildman–Crippen MR) is 97.9 cm³/mol. The molecule has 24 heavy (non-hydrogen) atoms. The van der Waals surface area contributed by atoms with Crippen LogP contribution in [-0.4, -0.2) is 39.4 Å². The first-order valence-electron chi connectivity index (χ1n) is 8.64. The molecule has 2 unspecified atom stereocenters. The highest BCUT2D eigenvalue weighted by atomic mass is 32.2. The Morgan fingerprint density at radius 2 is 2.17 bits per heavy atom. The van der Waals surface area contributed by atoms with Crippen molar-refractivity contribution < 1.29 is 9.90 Å². The van der Waals surface area contributed by atoms with E-state index in [2.05, 4.69) is 15.3 Å². The van der Waals surface area contributed by atoms with Crippen molar-refractivity contribution in [3.8, 4) is 0 Å². The minimum atomic E-state index is -0.408. The van der Waals surface area contributed by atoms with Crippen molar-refractivity contribution in [1.29, 1.82) is 0 Å². The zero-order chi connectivity index (χ0) is 16.9. The van der Waals surface area contributed by atoms with Gasteiger partial charge in [0, 0.05) is 6.54 Å². The molecule has 0 aliphatic heterocycles. The van der Waals surface area contributed by atoms with Gasteiger partial charge in [0.25, 0.3) is 0 Å². The minimum absolute atomic E-state index is 0.0278. The molecule has 3 rings (SSSR count). The van der Waals surface area contributed by atoms with Crippen LogP contribution in [0.3, 0.4) is 0 Å². The van der Waals surface area contributed by atoms with Crippen LogP contribution in [-0.2, 0) is 4.79 Å². The molecule has 1 aliphatic rings. The number of rotatable bonds is 7. The third-order valence-corrected chi connectivity index (χ3v) is 5.86. The molecule has 0 spiro atoms. The Balaban J connectivity index is 1.43. The number of amides is 1. The highest BCUT2D eigenvalue weighted by Gasteiger charge is 2.23. The number of aromatic nitrogens is 2. The van der Waals surface area contributed by atoms with E-state index in [0.29, 0.717) is 18.2 Å². The summed E-state index contributed by atoms with van der Waals surface area (Å²) in [5.41, 5.74) is 1.97. The lowest BCUT2D eigenvalue weighted by Crippen LogP contribution is -2.36. The Morgan fingerprint density at radius 3 is 2.92 bits per heavy atom. The van der Waals surface area contributed by atoms with Crippen LogP contribution >= 0.6 is 11.8 Å². The summed E-state index contributed by atoms with van der Waals surface area (Å²) in [6.07, 6.45) is 4.14.